The molecule has 2 aliphatic rings. The molecule has 2 fully saturated rings. The molecule has 0 radical (unpaired) electrons. The predicted molar refractivity (Wildman–Crippen MR) is 93.4 cm³/mol. The van der Waals surface area contributed by atoms with E-state index in [-0.39, 0.29) is 11.4 Å². The van der Waals surface area contributed by atoms with E-state index in [2.05, 4.69) is 36.2 Å². The van der Waals surface area contributed by atoms with Crippen molar-refractivity contribution in [3.05, 3.63) is 35.4 Å². The van der Waals surface area contributed by atoms with Gasteiger partial charge in [0.1, 0.15) is 0 Å². The van der Waals surface area contributed by atoms with Crippen LogP contribution in [0.25, 0.3) is 0 Å². The lowest BCUT2D eigenvalue weighted by Gasteiger charge is -2.37. The molecule has 23 heavy (non-hydrogen) atoms. The lowest BCUT2D eigenvalue weighted by molar-refractivity contribution is -0.137. The molecule has 0 atom stereocenters. The van der Waals surface area contributed by atoms with Gasteiger partial charge in [0.15, 0.2) is 0 Å². The van der Waals surface area contributed by atoms with Crippen LogP contribution in [0.3, 0.4) is 0 Å². The molecule has 126 valence electrons. The van der Waals surface area contributed by atoms with Crippen LogP contribution in [0.4, 0.5) is 0 Å². The van der Waals surface area contributed by atoms with Crippen LogP contribution >= 0.6 is 0 Å². The number of benzene rings is 1. The zero-order valence-electron chi connectivity index (χ0n) is 14.6. The summed E-state index contributed by atoms with van der Waals surface area (Å²) in [5.41, 5.74) is 8.12. The summed E-state index contributed by atoms with van der Waals surface area (Å²) in [6.07, 6.45) is 3.20. The smallest absolute Gasteiger partial charge is 0.232 e. The van der Waals surface area contributed by atoms with Crippen LogP contribution in [-0.2, 0) is 16.6 Å². The minimum absolute atomic E-state index is 0.0344. The highest BCUT2D eigenvalue weighted by Gasteiger charge is 2.38. The van der Waals surface area contributed by atoms with Gasteiger partial charge in [-0.2, -0.15) is 0 Å². The molecule has 1 heterocycles. The van der Waals surface area contributed by atoms with Crippen LogP contribution < -0.4 is 5.73 Å². The molecule has 0 unspecified atom stereocenters. The topological polar surface area (TPSA) is 49.6 Å². The summed E-state index contributed by atoms with van der Waals surface area (Å²) in [5.74, 6) is 0.232. The van der Waals surface area contributed by atoms with Gasteiger partial charge >= 0.3 is 0 Å². The van der Waals surface area contributed by atoms with Gasteiger partial charge in [0, 0.05) is 31.7 Å². The zero-order valence-corrected chi connectivity index (χ0v) is 14.6. The Morgan fingerprint density at radius 1 is 1.13 bits per heavy atom. The van der Waals surface area contributed by atoms with Crippen molar-refractivity contribution in [3.8, 4) is 0 Å². The normalized spacial score (nSPS) is 21.3. The molecule has 1 aromatic carbocycles. The number of nitrogens with zero attached hydrogens (tertiary/aromatic N) is 2. The van der Waals surface area contributed by atoms with E-state index in [0.717, 1.165) is 51.0 Å². The second kappa shape index (κ2) is 5.91. The van der Waals surface area contributed by atoms with Gasteiger partial charge in [0.2, 0.25) is 5.91 Å². The van der Waals surface area contributed by atoms with E-state index >= 15 is 0 Å². The summed E-state index contributed by atoms with van der Waals surface area (Å²) in [4.78, 5) is 17.2. The minimum atomic E-state index is -0.478. The summed E-state index contributed by atoms with van der Waals surface area (Å²) >= 11 is 0. The van der Waals surface area contributed by atoms with Crippen LogP contribution in [0.15, 0.2) is 24.3 Å². The van der Waals surface area contributed by atoms with Gasteiger partial charge in [-0.1, -0.05) is 24.3 Å². The fourth-order valence-corrected chi connectivity index (χ4v) is 3.31. The van der Waals surface area contributed by atoms with E-state index in [1.165, 1.54) is 5.56 Å². The van der Waals surface area contributed by atoms with Crippen molar-refractivity contribution in [2.24, 2.45) is 5.73 Å². The highest BCUT2D eigenvalue weighted by atomic mass is 16.2. The second-order valence-corrected chi connectivity index (χ2v) is 7.96. The number of hydrogen-bond acceptors (Lipinski definition) is 3. The molecule has 1 aliphatic carbocycles. The lowest BCUT2D eigenvalue weighted by Crippen LogP contribution is -2.52. The van der Waals surface area contributed by atoms with Gasteiger partial charge in [-0.15, -0.1) is 0 Å². The quantitative estimate of drug-likeness (QED) is 0.921. The number of carbonyl (C=O) groups is 1. The molecule has 4 heteroatoms. The maximum Gasteiger partial charge on any atom is 0.232 e. The first-order valence-corrected chi connectivity index (χ1v) is 8.66. The molecule has 3 rings (SSSR count). The molecule has 2 N–H and O–H groups in total. The first-order chi connectivity index (χ1) is 10.8. The van der Waals surface area contributed by atoms with Crippen molar-refractivity contribution < 1.29 is 4.79 Å². The molecular weight excluding hydrogens is 286 g/mol. The van der Waals surface area contributed by atoms with Crippen molar-refractivity contribution in [2.75, 3.05) is 33.2 Å². The summed E-state index contributed by atoms with van der Waals surface area (Å²) < 4.78 is 0. The van der Waals surface area contributed by atoms with Crippen LogP contribution in [-0.4, -0.2) is 54.5 Å². The average Bonchev–Trinajstić information content (AvgIpc) is 3.25. The van der Waals surface area contributed by atoms with E-state index in [1.54, 1.807) is 0 Å². The Morgan fingerprint density at radius 3 is 2.22 bits per heavy atom. The van der Waals surface area contributed by atoms with E-state index in [4.69, 9.17) is 5.73 Å². The Labute approximate surface area is 139 Å². The van der Waals surface area contributed by atoms with Gasteiger partial charge in [-0.25, -0.2) is 0 Å². The summed E-state index contributed by atoms with van der Waals surface area (Å²) in [5, 5.41) is 0. The van der Waals surface area contributed by atoms with Crippen LogP contribution in [0.5, 0.6) is 0 Å². The molecule has 4 nitrogen and oxygen atoms in total. The fourth-order valence-electron chi connectivity index (χ4n) is 3.31. The van der Waals surface area contributed by atoms with Crippen molar-refractivity contribution in [1.82, 2.24) is 9.80 Å². The molecule has 1 saturated heterocycles. The van der Waals surface area contributed by atoms with Gasteiger partial charge in [-0.3, -0.25) is 4.79 Å². The van der Waals surface area contributed by atoms with Crippen LogP contribution in [0, 0.1) is 0 Å². The Hall–Kier alpha value is -1.39. The summed E-state index contributed by atoms with van der Waals surface area (Å²) in [6.45, 7) is 7.64. The highest BCUT2D eigenvalue weighted by Crippen LogP contribution is 2.36. The van der Waals surface area contributed by atoms with Crippen LogP contribution in [0.2, 0.25) is 0 Å². The van der Waals surface area contributed by atoms with E-state index in [1.807, 2.05) is 18.7 Å². The maximum atomic E-state index is 12.9. The average molecular weight is 315 g/mol. The fraction of sp³-hybridized carbons (Fsp3) is 0.632. The Kier molecular flexibility index (Phi) is 4.23. The molecular formula is C19H29N3O. The van der Waals surface area contributed by atoms with Crippen molar-refractivity contribution >= 4 is 5.91 Å². The predicted octanol–water partition coefficient (Wildman–Crippen LogP) is 1.77. The standard InChI is InChI=1S/C19H29N3O/c1-18(2,17(23)22-12-10-21(3)11-13-22)16-6-4-15(5-7-16)14-19(20)8-9-19/h4-7H,8-14,20H2,1-3H3. The molecule has 1 amide bonds. The van der Waals surface area contributed by atoms with Gasteiger partial charge in [0.25, 0.3) is 0 Å². The number of piperazine rings is 1. The Morgan fingerprint density at radius 2 is 1.70 bits per heavy atom. The third kappa shape index (κ3) is 3.59. The van der Waals surface area contributed by atoms with Gasteiger partial charge < -0.3 is 15.5 Å². The van der Waals surface area contributed by atoms with E-state index < -0.39 is 5.41 Å². The minimum Gasteiger partial charge on any atom is -0.339 e. The number of rotatable bonds is 4. The lowest BCUT2D eigenvalue weighted by atomic mass is 9.82. The largest absolute Gasteiger partial charge is 0.339 e. The molecule has 1 aliphatic heterocycles. The monoisotopic (exact) mass is 315 g/mol. The number of carbonyl (C=O) groups excluding carboxylic acids is 1. The number of likely N-dealkylation sites (N-methyl/N-ethyl adjacent to an activating group) is 1. The van der Waals surface area contributed by atoms with E-state index in [9.17, 15) is 4.79 Å². The molecule has 0 spiro atoms. The third-order valence-corrected chi connectivity index (χ3v) is 5.45. The number of hydrogen-bond donors (Lipinski definition) is 1. The molecule has 1 aromatic rings. The first kappa shape index (κ1) is 16.5. The second-order valence-electron chi connectivity index (χ2n) is 7.96. The number of amides is 1. The maximum absolute atomic E-state index is 12.9. The summed E-state index contributed by atoms with van der Waals surface area (Å²) in [7, 11) is 2.11. The first-order valence-electron chi connectivity index (χ1n) is 8.66. The third-order valence-electron chi connectivity index (χ3n) is 5.45. The van der Waals surface area contributed by atoms with Gasteiger partial charge in [0.05, 0.1) is 5.41 Å². The molecule has 0 aromatic heterocycles. The van der Waals surface area contributed by atoms with Crippen molar-refractivity contribution in [2.45, 2.75) is 44.1 Å². The molecule has 1 saturated carbocycles. The van der Waals surface area contributed by atoms with Gasteiger partial charge in [-0.05, 0) is 51.3 Å². The molecule has 0 bridgehead atoms. The summed E-state index contributed by atoms with van der Waals surface area (Å²) in [6, 6.07) is 8.49. The van der Waals surface area contributed by atoms with Crippen molar-refractivity contribution in [1.29, 1.82) is 0 Å². The zero-order chi connectivity index (χ0) is 16.7. The Bertz CT molecular complexity index is 567. The van der Waals surface area contributed by atoms with E-state index in [0.29, 0.717) is 0 Å². The Balaban J connectivity index is 1.69. The van der Waals surface area contributed by atoms with Crippen LogP contribution in [0.1, 0.15) is 37.8 Å². The highest BCUT2D eigenvalue weighted by molar-refractivity contribution is 5.87. The van der Waals surface area contributed by atoms with Crippen molar-refractivity contribution in [3.63, 3.8) is 0 Å². The SMILES string of the molecule is CN1CCN(C(=O)C(C)(C)c2ccc(CC3(N)CC3)cc2)CC1. The number of nitrogens with two attached hydrogens (primary N) is 1.